The van der Waals surface area contributed by atoms with Crippen LogP contribution in [0.5, 0.6) is 0 Å². The first-order valence-electron chi connectivity index (χ1n) is 2.71. The van der Waals surface area contributed by atoms with Gasteiger partial charge in [0.05, 0.1) is 4.60 Å². The lowest BCUT2D eigenvalue weighted by molar-refractivity contribution is 0.112. The van der Waals surface area contributed by atoms with E-state index in [0.717, 1.165) is 4.57 Å². The third kappa shape index (κ3) is 1.48. The topological polar surface area (TPSA) is 59.3 Å². The summed E-state index contributed by atoms with van der Waals surface area (Å²) in [5.74, 6) is 0. The summed E-state index contributed by atoms with van der Waals surface area (Å²) in [5, 5.41) is 8.49. The van der Waals surface area contributed by atoms with Gasteiger partial charge >= 0.3 is 6.09 Å². The molecule has 0 aromatic carbocycles. The molecule has 0 spiro atoms. The van der Waals surface area contributed by atoms with Crippen molar-refractivity contribution < 1.29 is 14.7 Å². The van der Waals surface area contributed by atoms with Crippen molar-refractivity contribution in [1.29, 1.82) is 0 Å². The van der Waals surface area contributed by atoms with Crippen LogP contribution < -0.4 is 0 Å². The Labute approximate surface area is 70.6 Å². The van der Waals surface area contributed by atoms with E-state index in [9.17, 15) is 9.59 Å². The second kappa shape index (κ2) is 2.87. The third-order valence-corrected chi connectivity index (χ3v) is 1.75. The van der Waals surface area contributed by atoms with Gasteiger partial charge in [-0.3, -0.25) is 4.79 Å². The monoisotopic (exact) mass is 217 g/mol. The number of nitrogens with zero attached hydrogens (tertiary/aromatic N) is 1. The van der Waals surface area contributed by atoms with E-state index in [4.69, 9.17) is 5.11 Å². The van der Waals surface area contributed by atoms with Gasteiger partial charge in [-0.1, -0.05) is 0 Å². The number of halogens is 1. The minimum atomic E-state index is -1.12. The molecule has 1 N–H and O–H groups in total. The summed E-state index contributed by atoms with van der Waals surface area (Å²) in [5.41, 5.74) is 0.333. The first-order valence-corrected chi connectivity index (χ1v) is 3.51. The summed E-state index contributed by atoms with van der Waals surface area (Å²) in [6.45, 7) is 0. The summed E-state index contributed by atoms with van der Waals surface area (Å²) >= 11 is 2.98. The van der Waals surface area contributed by atoms with Gasteiger partial charge in [-0.15, -0.1) is 0 Å². The smallest absolute Gasteiger partial charge is 0.416 e. The molecule has 0 aliphatic heterocycles. The van der Waals surface area contributed by atoms with Crippen LogP contribution in [-0.4, -0.2) is 22.1 Å². The minimum absolute atomic E-state index is 0.333. The lowest BCUT2D eigenvalue weighted by Crippen LogP contribution is -2.05. The van der Waals surface area contributed by atoms with E-state index in [1.807, 2.05) is 0 Å². The SMILES string of the molecule is O=Cc1cc(Br)n(C(=O)O)c1. The van der Waals surface area contributed by atoms with Gasteiger partial charge < -0.3 is 5.11 Å². The quantitative estimate of drug-likeness (QED) is 0.728. The molecule has 0 bridgehead atoms. The number of carboxylic acid groups (broad SMARTS) is 1. The Hall–Kier alpha value is -1.10. The number of aromatic nitrogens is 1. The maximum Gasteiger partial charge on any atom is 0.416 e. The lowest BCUT2D eigenvalue weighted by Gasteiger charge is -1.92. The molecule has 4 nitrogen and oxygen atoms in total. The Kier molecular flexibility index (Phi) is 2.09. The Morgan fingerprint density at radius 1 is 1.73 bits per heavy atom. The predicted octanol–water partition coefficient (Wildman–Crippen LogP) is 1.59. The highest BCUT2D eigenvalue weighted by Crippen LogP contribution is 2.13. The maximum absolute atomic E-state index is 10.4. The van der Waals surface area contributed by atoms with E-state index >= 15 is 0 Å². The van der Waals surface area contributed by atoms with E-state index in [1.54, 1.807) is 0 Å². The molecule has 0 amide bonds. The normalized spacial score (nSPS) is 9.55. The van der Waals surface area contributed by atoms with Gasteiger partial charge in [-0.2, -0.15) is 0 Å². The van der Waals surface area contributed by atoms with Crippen LogP contribution >= 0.6 is 15.9 Å². The van der Waals surface area contributed by atoms with E-state index in [1.165, 1.54) is 12.3 Å². The second-order valence-electron chi connectivity index (χ2n) is 1.87. The van der Waals surface area contributed by atoms with Gasteiger partial charge in [0.25, 0.3) is 0 Å². The van der Waals surface area contributed by atoms with Gasteiger partial charge in [0, 0.05) is 11.8 Å². The second-order valence-corrected chi connectivity index (χ2v) is 2.68. The summed E-state index contributed by atoms with van der Waals surface area (Å²) in [7, 11) is 0. The number of carbonyl (C=O) groups excluding carboxylic acids is 1. The average Bonchev–Trinajstić information content (AvgIpc) is 2.30. The molecule has 5 heteroatoms. The van der Waals surface area contributed by atoms with Crippen LogP contribution in [-0.2, 0) is 0 Å². The fraction of sp³-hybridized carbons (Fsp3) is 0. The van der Waals surface area contributed by atoms with Crippen molar-refractivity contribution in [2.45, 2.75) is 0 Å². The fourth-order valence-electron chi connectivity index (χ4n) is 0.666. The Morgan fingerprint density at radius 3 is 2.64 bits per heavy atom. The van der Waals surface area contributed by atoms with Crippen molar-refractivity contribution in [1.82, 2.24) is 4.57 Å². The van der Waals surface area contributed by atoms with Crippen molar-refractivity contribution in [3.05, 3.63) is 22.4 Å². The number of aldehydes is 1. The summed E-state index contributed by atoms with van der Waals surface area (Å²) in [4.78, 5) is 20.5. The molecule has 1 heterocycles. The maximum atomic E-state index is 10.4. The summed E-state index contributed by atoms with van der Waals surface area (Å²) in [6, 6.07) is 1.43. The van der Waals surface area contributed by atoms with Crippen LogP contribution in [0.25, 0.3) is 0 Å². The van der Waals surface area contributed by atoms with Crippen LogP contribution in [0.4, 0.5) is 4.79 Å². The molecular weight excluding hydrogens is 214 g/mol. The van der Waals surface area contributed by atoms with Gasteiger partial charge in [-0.05, 0) is 22.0 Å². The van der Waals surface area contributed by atoms with Crippen LogP contribution in [0.3, 0.4) is 0 Å². The molecule has 0 atom stereocenters. The van der Waals surface area contributed by atoms with E-state index in [-0.39, 0.29) is 0 Å². The predicted molar refractivity (Wildman–Crippen MR) is 40.9 cm³/mol. The number of rotatable bonds is 1. The highest BCUT2D eigenvalue weighted by Gasteiger charge is 2.07. The molecule has 0 unspecified atom stereocenters. The molecule has 0 aliphatic carbocycles. The van der Waals surface area contributed by atoms with E-state index in [0.29, 0.717) is 16.5 Å². The number of carbonyl (C=O) groups is 2. The van der Waals surface area contributed by atoms with Crippen molar-refractivity contribution >= 4 is 28.3 Å². The lowest BCUT2D eigenvalue weighted by atomic mass is 10.4. The molecule has 1 aromatic heterocycles. The van der Waals surface area contributed by atoms with E-state index < -0.39 is 6.09 Å². The van der Waals surface area contributed by atoms with Crippen molar-refractivity contribution in [3.8, 4) is 0 Å². The number of hydrogen-bond acceptors (Lipinski definition) is 2. The third-order valence-electron chi connectivity index (χ3n) is 1.14. The van der Waals surface area contributed by atoms with Crippen LogP contribution in [0, 0.1) is 0 Å². The van der Waals surface area contributed by atoms with Crippen LogP contribution in [0.2, 0.25) is 0 Å². The first kappa shape index (κ1) is 8.00. The Balaban J connectivity index is 3.16. The van der Waals surface area contributed by atoms with Gasteiger partial charge in [0.15, 0.2) is 6.29 Å². The van der Waals surface area contributed by atoms with Gasteiger partial charge in [0.2, 0.25) is 0 Å². The fourth-order valence-corrected chi connectivity index (χ4v) is 1.18. The molecule has 1 rings (SSSR count). The summed E-state index contributed by atoms with van der Waals surface area (Å²) in [6.07, 6.45) is 0.703. The van der Waals surface area contributed by atoms with Gasteiger partial charge in [-0.25, -0.2) is 9.36 Å². The molecule has 0 saturated heterocycles. The average molecular weight is 218 g/mol. The van der Waals surface area contributed by atoms with Crippen LogP contribution in [0.1, 0.15) is 10.4 Å². The molecule has 58 valence electrons. The molecular formula is C6H4BrNO3. The molecule has 0 fully saturated rings. The van der Waals surface area contributed by atoms with Crippen molar-refractivity contribution in [2.75, 3.05) is 0 Å². The first-order chi connectivity index (χ1) is 5.15. The highest BCUT2D eigenvalue weighted by molar-refractivity contribution is 9.10. The zero-order chi connectivity index (χ0) is 8.43. The van der Waals surface area contributed by atoms with Crippen LogP contribution in [0.15, 0.2) is 16.9 Å². The minimum Gasteiger partial charge on any atom is -0.464 e. The van der Waals surface area contributed by atoms with Crippen molar-refractivity contribution in [2.24, 2.45) is 0 Å². The highest BCUT2D eigenvalue weighted by atomic mass is 79.9. The molecule has 0 saturated carbocycles. The molecule has 11 heavy (non-hydrogen) atoms. The molecule has 1 aromatic rings. The largest absolute Gasteiger partial charge is 0.464 e. The Morgan fingerprint density at radius 2 is 2.36 bits per heavy atom. The molecule has 0 aliphatic rings. The zero-order valence-corrected chi connectivity index (χ0v) is 6.91. The Bertz CT molecular complexity index is 305. The standard InChI is InChI=1S/C6H4BrNO3/c7-5-1-4(3-9)2-8(5)6(10)11/h1-3H,(H,10,11). The number of hydrogen-bond donors (Lipinski definition) is 1. The zero-order valence-electron chi connectivity index (χ0n) is 5.32. The summed E-state index contributed by atoms with van der Waals surface area (Å²) < 4.78 is 1.27. The van der Waals surface area contributed by atoms with Crippen molar-refractivity contribution in [3.63, 3.8) is 0 Å². The molecule has 0 radical (unpaired) electrons. The van der Waals surface area contributed by atoms with E-state index in [2.05, 4.69) is 15.9 Å². The van der Waals surface area contributed by atoms with Gasteiger partial charge in [0.1, 0.15) is 0 Å².